The number of hydrogen-bond acceptors (Lipinski definition) is 3. The molecule has 20 heavy (non-hydrogen) atoms. The molecule has 112 valence electrons. The Bertz CT molecular complexity index is 391. The van der Waals surface area contributed by atoms with Crippen LogP contribution in [-0.4, -0.2) is 46.9 Å². The van der Waals surface area contributed by atoms with E-state index in [9.17, 15) is 14.4 Å². The van der Waals surface area contributed by atoms with Gasteiger partial charge in [0.1, 0.15) is 6.04 Å². The minimum absolute atomic E-state index is 0.0338. The van der Waals surface area contributed by atoms with Crippen molar-refractivity contribution >= 4 is 17.8 Å². The molecule has 6 nitrogen and oxygen atoms in total. The van der Waals surface area contributed by atoms with Crippen molar-refractivity contribution in [3.63, 3.8) is 0 Å². The zero-order valence-electron chi connectivity index (χ0n) is 11.6. The van der Waals surface area contributed by atoms with Gasteiger partial charge < -0.3 is 15.3 Å². The first kappa shape index (κ1) is 14.8. The minimum Gasteiger partial charge on any atom is -0.480 e. The Morgan fingerprint density at radius 3 is 2.45 bits per heavy atom. The Hall–Kier alpha value is -1.59. The number of carboxylic acids is 1. The molecule has 1 saturated carbocycles. The maximum atomic E-state index is 12.0. The predicted octanol–water partition coefficient (Wildman–Crippen LogP) is 0.758. The summed E-state index contributed by atoms with van der Waals surface area (Å²) in [6.45, 7) is 0.809. The van der Waals surface area contributed by atoms with Crippen LogP contribution in [0.4, 0.5) is 0 Å². The molecule has 2 fully saturated rings. The number of nitrogens with zero attached hydrogens (tertiary/aromatic N) is 1. The van der Waals surface area contributed by atoms with E-state index in [1.165, 1.54) is 4.90 Å². The summed E-state index contributed by atoms with van der Waals surface area (Å²) in [6.07, 6.45) is 5.52. The van der Waals surface area contributed by atoms with Crippen LogP contribution in [0.3, 0.4) is 0 Å². The van der Waals surface area contributed by atoms with Gasteiger partial charge in [-0.05, 0) is 25.7 Å². The van der Waals surface area contributed by atoms with Crippen molar-refractivity contribution < 1.29 is 19.5 Å². The van der Waals surface area contributed by atoms with Gasteiger partial charge in [0.15, 0.2) is 0 Å². The molecule has 0 aromatic heterocycles. The van der Waals surface area contributed by atoms with Crippen molar-refractivity contribution in [3.05, 3.63) is 0 Å². The zero-order valence-corrected chi connectivity index (χ0v) is 11.6. The fourth-order valence-corrected chi connectivity index (χ4v) is 3.09. The third-order valence-corrected chi connectivity index (χ3v) is 4.22. The molecule has 6 heteroatoms. The van der Waals surface area contributed by atoms with Crippen molar-refractivity contribution in [3.8, 4) is 0 Å². The highest BCUT2D eigenvalue weighted by Crippen LogP contribution is 2.24. The Labute approximate surface area is 118 Å². The van der Waals surface area contributed by atoms with Crippen molar-refractivity contribution in [2.24, 2.45) is 5.92 Å². The fourth-order valence-electron chi connectivity index (χ4n) is 3.09. The number of nitrogens with one attached hydrogen (secondary N) is 1. The van der Waals surface area contributed by atoms with Crippen LogP contribution < -0.4 is 5.32 Å². The van der Waals surface area contributed by atoms with E-state index >= 15 is 0 Å². The predicted molar refractivity (Wildman–Crippen MR) is 72.0 cm³/mol. The molecule has 1 aliphatic heterocycles. The highest BCUT2D eigenvalue weighted by molar-refractivity contribution is 5.85. The number of carbonyl (C=O) groups is 3. The lowest BCUT2D eigenvalue weighted by atomic mass is 10.1. The molecule has 1 heterocycles. The lowest BCUT2D eigenvalue weighted by Gasteiger charge is -2.21. The summed E-state index contributed by atoms with van der Waals surface area (Å²) in [7, 11) is 0. The van der Waals surface area contributed by atoms with Crippen molar-refractivity contribution in [1.82, 2.24) is 10.2 Å². The van der Waals surface area contributed by atoms with Gasteiger partial charge in [-0.25, -0.2) is 4.79 Å². The van der Waals surface area contributed by atoms with Crippen molar-refractivity contribution in [2.75, 3.05) is 13.1 Å². The SMILES string of the molecule is O=C(NCCC(=O)N1CCCC1C(=O)O)C1CCCC1. The van der Waals surface area contributed by atoms with Gasteiger partial charge in [-0.2, -0.15) is 0 Å². The molecule has 0 aromatic carbocycles. The smallest absolute Gasteiger partial charge is 0.326 e. The highest BCUT2D eigenvalue weighted by Gasteiger charge is 2.33. The molecule has 0 spiro atoms. The average Bonchev–Trinajstić information content (AvgIpc) is 3.09. The van der Waals surface area contributed by atoms with Crippen molar-refractivity contribution in [2.45, 2.75) is 51.0 Å². The Balaban J connectivity index is 1.72. The van der Waals surface area contributed by atoms with E-state index in [2.05, 4.69) is 5.32 Å². The van der Waals surface area contributed by atoms with Crippen LogP contribution in [-0.2, 0) is 14.4 Å². The van der Waals surface area contributed by atoms with Crippen LogP contribution in [0.25, 0.3) is 0 Å². The normalized spacial score (nSPS) is 23.0. The van der Waals surface area contributed by atoms with Crippen LogP contribution in [0.15, 0.2) is 0 Å². The second kappa shape index (κ2) is 6.72. The molecule has 1 unspecified atom stereocenters. The number of rotatable bonds is 5. The molecule has 1 aliphatic carbocycles. The molecule has 1 atom stereocenters. The summed E-state index contributed by atoms with van der Waals surface area (Å²) in [5.74, 6) is -0.984. The van der Waals surface area contributed by atoms with Gasteiger partial charge in [-0.1, -0.05) is 12.8 Å². The second-order valence-electron chi connectivity index (χ2n) is 5.61. The van der Waals surface area contributed by atoms with E-state index in [1.807, 2.05) is 0 Å². The van der Waals surface area contributed by atoms with Crippen LogP contribution in [0.2, 0.25) is 0 Å². The monoisotopic (exact) mass is 282 g/mol. The lowest BCUT2D eigenvalue weighted by molar-refractivity contribution is -0.148. The summed E-state index contributed by atoms with van der Waals surface area (Å²) in [5, 5.41) is 11.8. The summed E-state index contributed by atoms with van der Waals surface area (Å²) in [5.41, 5.74) is 0. The maximum Gasteiger partial charge on any atom is 0.326 e. The number of amides is 2. The van der Waals surface area contributed by atoms with Gasteiger partial charge in [-0.15, -0.1) is 0 Å². The molecule has 2 N–H and O–H groups in total. The van der Waals surface area contributed by atoms with Gasteiger partial charge in [0.2, 0.25) is 11.8 Å². The van der Waals surface area contributed by atoms with Crippen LogP contribution >= 0.6 is 0 Å². The van der Waals surface area contributed by atoms with Crippen LogP contribution in [0.1, 0.15) is 44.9 Å². The largest absolute Gasteiger partial charge is 0.480 e. The first-order chi connectivity index (χ1) is 9.59. The highest BCUT2D eigenvalue weighted by atomic mass is 16.4. The van der Waals surface area contributed by atoms with E-state index < -0.39 is 12.0 Å². The maximum absolute atomic E-state index is 12.0. The molecule has 2 aliphatic rings. The van der Waals surface area contributed by atoms with Gasteiger partial charge in [0.05, 0.1) is 0 Å². The summed E-state index contributed by atoms with van der Waals surface area (Å²) >= 11 is 0. The molecule has 0 aromatic rings. The van der Waals surface area contributed by atoms with E-state index in [0.717, 1.165) is 32.1 Å². The third-order valence-electron chi connectivity index (χ3n) is 4.22. The number of carboxylic acid groups (broad SMARTS) is 1. The summed E-state index contributed by atoms with van der Waals surface area (Å²) < 4.78 is 0. The quantitative estimate of drug-likeness (QED) is 0.779. The van der Waals surface area contributed by atoms with E-state index in [1.54, 1.807) is 0 Å². The molecule has 1 saturated heterocycles. The minimum atomic E-state index is -0.939. The Morgan fingerprint density at radius 1 is 1.10 bits per heavy atom. The summed E-state index contributed by atoms with van der Waals surface area (Å²) in [4.78, 5) is 36.2. The molecule has 2 amide bonds. The molecule has 2 rings (SSSR count). The van der Waals surface area contributed by atoms with Gasteiger partial charge in [0, 0.05) is 25.4 Å². The third kappa shape index (κ3) is 3.49. The number of likely N-dealkylation sites (tertiary alicyclic amines) is 1. The summed E-state index contributed by atoms with van der Waals surface area (Å²) in [6, 6.07) is -0.687. The van der Waals surface area contributed by atoms with Crippen molar-refractivity contribution in [1.29, 1.82) is 0 Å². The molecular weight excluding hydrogens is 260 g/mol. The molecular formula is C14H22N2O4. The van der Waals surface area contributed by atoms with Gasteiger partial charge in [-0.3, -0.25) is 9.59 Å². The van der Waals surface area contributed by atoms with E-state index in [4.69, 9.17) is 5.11 Å². The first-order valence-corrected chi connectivity index (χ1v) is 7.39. The number of carbonyl (C=O) groups excluding carboxylic acids is 2. The first-order valence-electron chi connectivity index (χ1n) is 7.39. The topological polar surface area (TPSA) is 86.7 Å². The molecule has 0 bridgehead atoms. The Kier molecular flexibility index (Phi) is 4.98. The average molecular weight is 282 g/mol. The standard InChI is InChI=1S/C14H22N2O4/c17-12(16-9-3-6-11(16)14(19)20)7-8-15-13(18)10-4-1-2-5-10/h10-11H,1-9H2,(H,15,18)(H,19,20). The number of hydrogen-bond donors (Lipinski definition) is 2. The Morgan fingerprint density at radius 2 is 1.80 bits per heavy atom. The van der Waals surface area contributed by atoms with Gasteiger partial charge in [0.25, 0.3) is 0 Å². The second-order valence-corrected chi connectivity index (χ2v) is 5.61. The fraction of sp³-hybridized carbons (Fsp3) is 0.786. The molecule has 0 radical (unpaired) electrons. The van der Waals surface area contributed by atoms with Gasteiger partial charge >= 0.3 is 5.97 Å². The zero-order chi connectivity index (χ0) is 14.5. The lowest BCUT2D eigenvalue weighted by Crippen LogP contribution is -2.42. The van der Waals surface area contributed by atoms with E-state index in [-0.39, 0.29) is 24.2 Å². The van der Waals surface area contributed by atoms with E-state index in [0.29, 0.717) is 19.5 Å². The number of aliphatic carboxylic acids is 1. The van der Waals surface area contributed by atoms with Crippen LogP contribution in [0.5, 0.6) is 0 Å². The van der Waals surface area contributed by atoms with Crippen LogP contribution in [0, 0.1) is 5.92 Å².